The average molecular weight is 233 g/mol. The number of guanidine groups is 1. The van der Waals surface area contributed by atoms with Crippen LogP contribution >= 0.6 is 23.2 Å². The topological polar surface area (TPSA) is 41.1 Å². The molecule has 0 saturated carbocycles. The molecular weight excluding hydrogens is 221 g/mol. The first-order chi connectivity index (χ1) is 6.52. The van der Waals surface area contributed by atoms with Gasteiger partial charge in [0, 0.05) is 0 Å². The first-order valence-electron chi connectivity index (χ1n) is 4.03. The number of hydrogen-bond acceptors (Lipinski definition) is 0. The lowest BCUT2D eigenvalue weighted by Crippen LogP contribution is -2.31. The number of nitrogens with two attached hydrogens (primary N) is 1. The molecule has 0 unspecified atom stereocenters. The van der Waals surface area contributed by atoms with E-state index in [1.165, 1.54) is 0 Å². The standard InChI is InChI=1S/C9H11Cl2N3/c1-14(2)9(12)13-8-6(10)4-3-5-7(8)11/h3-5H,1-2H3,(H2,12,13)/p+1. The fourth-order valence-corrected chi connectivity index (χ4v) is 1.35. The summed E-state index contributed by atoms with van der Waals surface area (Å²) in [6.07, 6.45) is 0. The third kappa shape index (κ3) is 2.53. The fraction of sp³-hybridized carbons (Fsp3) is 0.222. The second-order valence-corrected chi connectivity index (χ2v) is 3.82. The van der Waals surface area contributed by atoms with Crippen molar-refractivity contribution >= 4 is 34.8 Å². The van der Waals surface area contributed by atoms with Gasteiger partial charge in [-0.15, -0.1) is 0 Å². The quantitative estimate of drug-likeness (QED) is 0.442. The van der Waals surface area contributed by atoms with Crippen LogP contribution in [0.15, 0.2) is 18.2 Å². The average Bonchev–Trinajstić information content (AvgIpc) is 2.11. The molecule has 0 saturated heterocycles. The van der Waals surface area contributed by atoms with Crippen LogP contribution in [0.4, 0.5) is 5.69 Å². The second-order valence-electron chi connectivity index (χ2n) is 3.00. The van der Waals surface area contributed by atoms with Crippen LogP contribution in [-0.4, -0.2) is 24.6 Å². The molecule has 1 aromatic carbocycles. The lowest BCUT2D eigenvalue weighted by atomic mass is 10.3. The molecule has 5 heteroatoms. The van der Waals surface area contributed by atoms with E-state index in [0.29, 0.717) is 21.7 Å². The monoisotopic (exact) mass is 232 g/mol. The predicted octanol–water partition coefficient (Wildman–Crippen LogP) is 1.99. The van der Waals surface area contributed by atoms with Crippen molar-refractivity contribution in [3.8, 4) is 0 Å². The van der Waals surface area contributed by atoms with E-state index in [1.807, 2.05) is 14.1 Å². The van der Waals surface area contributed by atoms with Crippen molar-refractivity contribution in [2.45, 2.75) is 0 Å². The Balaban J connectivity index is 3.03. The number of nitrogens with zero attached hydrogens (tertiary/aromatic N) is 1. The number of hydrogen-bond donors (Lipinski definition) is 2. The molecule has 0 aliphatic rings. The van der Waals surface area contributed by atoms with E-state index in [2.05, 4.69) is 5.32 Å². The Hall–Kier alpha value is -0.930. The molecule has 1 aromatic rings. The van der Waals surface area contributed by atoms with Crippen LogP contribution in [0, 0.1) is 0 Å². The van der Waals surface area contributed by atoms with Crippen molar-refractivity contribution in [1.29, 1.82) is 0 Å². The highest BCUT2D eigenvalue weighted by atomic mass is 35.5. The van der Waals surface area contributed by atoms with Crippen LogP contribution in [0.5, 0.6) is 0 Å². The molecule has 0 spiro atoms. The summed E-state index contributed by atoms with van der Waals surface area (Å²) in [4.78, 5) is 0. The van der Waals surface area contributed by atoms with E-state index < -0.39 is 0 Å². The van der Waals surface area contributed by atoms with E-state index in [-0.39, 0.29) is 0 Å². The molecule has 0 aliphatic carbocycles. The minimum Gasteiger partial charge on any atom is -0.290 e. The molecule has 0 fully saturated rings. The summed E-state index contributed by atoms with van der Waals surface area (Å²) in [5, 5.41) is 4.02. The van der Waals surface area contributed by atoms with E-state index in [1.54, 1.807) is 22.8 Å². The van der Waals surface area contributed by atoms with Gasteiger partial charge in [0.1, 0.15) is 5.69 Å². The summed E-state index contributed by atoms with van der Waals surface area (Å²) in [7, 11) is 3.65. The number of nitrogens with one attached hydrogen (secondary N) is 1. The van der Waals surface area contributed by atoms with Gasteiger partial charge in [-0.05, 0) is 12.1 Å². The first-order valence-corrected chi connectivity index (χ1v) is 4.78. The van der Waals surface area contributed by atoms with Gasteiger partial charge in [0.15, 0.2) is 0 Å². The predicted molar refractivity (Wildman–Crippen MR) is 61.4 cm³/mol. The molecule has 0 amide bonds. The highest BCUT2D eigenvalue weighted by Crippen LogP contribution is 2.29. The number of rotatable bonds is 1. The Labute approximate surface area is 93.1 Å². The number of anilines is 1. The second kappa shape index (κ2) is 4.53. The number of halogens is 2. The summed E-state index contributed by atoms with van der Waals surface area (Å²) in [6.45, 7) is 0. The third-order valence-electron chi connectivity index (χ3n) is 1.70. The summed E-state index contributed by atoms with van der Waals surface area (Å²) >= 11 is 11.9. The maximum atomic E-state index is 5.94. The van der Waals surface area contributed by atoms with E-state index >= 15 is 0 Å². The highest BCUT2D eigenvalue weighted by Gasteiger charge is 2.10. The van der Waals surface area contributed by atoms with Crippen molar-refractivity contribution in [2.24, 2.45) is 5.73 Å². The van der Waals surface area contributed by atoms with E-state index in [4.69, 9.17) is 28.9 Å². The zero-order valence-electron chi connectivity index (χ0n) is 8.01. The highest BCUT2D eigenvalue weighted by molar-refractivity contribution is 6.39. The molecule has 0 atom stereocenters. The Bertz CT molecular complexity index is 350. The Kier molecular flexibility index (Phi) is 3.61. The molecule has 0 bridgehead atoms. The molecule has 3 N–H and O–H groups in total. The van der Waals surface area contributed by atoms with Crippen LogP contribution < -0.4 is 11.1 Å². The molecular formula is C9H12Cl2N3+. The van der Waals surface area contributed by atoms with Crippen molar-refractivity contribution in [3.05, 3.63) is 28.2 Å². The SMILES string of the molecule is C[N+](C)=C(N)Nc1c(Cl)cccc1Cl. The zero-order valence-corrected chi connectivity index (χ0v) is 9.52. The Morgan fingerprint density at radius 1 is 1.29 bits per heavy atom. The molecule has 0 aromatic heterocycles. The van der Waals surface area contributed by atoms with Crippen molar-refractivity contribution in [3.63, 3.8) is 0 Å². The van der Waals surface area contributed by atoms with E-state index in [9.17, 15) is 0 Å². The normalized spacial score (nSPS) is 9.71. The van der Waals surface area contributed by atoms with Gasteiger partial charge in [0.25, 0.3) is 0 Å². The van der Waals surface area contributed by atoms with Gasteiger partial charge >= 0.3 is 5.96 Å². The number of para-hydroxylation sites is 1. The Morgan fingerprint density at radius 3 is 2.21 bits per heavy atom. The minimum atomic E-state index is 0.486. The summed E-state index contributed by atoms with van der Waals surface area (Å²) in [5.41, 5.74) is 6.33. The van der Waals surface area contributed by atoms with Gasteiger partial charge in [0.2, 0.25) is 0 Å². The smallest absolute Gasteiger partial charge is 0.290 e. The molecule has 3 nitrogen and oxygen atoms in total. The molecule has 0 radical (unpaired) electrons. The van der Waals surface area contributed by atoms with Gasteiger partial charge in [-0.2, -0.15) is 0 Å². The first kappa shape index (κ1) is 11.1. The lowest BCUT2D eigenvalue weighted by molar-refractivity contribution is -0.465. The van der Waals surface area contributed by atoms with Gasteiger partial charge in [-0.3, -0.25) is 10.3 Å². The van der Waals surface area contributed by atoms with Gasteiger partial charge in [0.05, 0.1) is 24.1 Å². The van der Waals surface area contributed by atoms with Crippen LogP contribution in [0.25, 0.3) is 0 Å². The molecule has 1 rings (SSSR count). The van der Waals surface area contributed by atoms with E-state index in [0.717, 1.165) is 0 Å². The van der Waals surface area contributed by atoms with Crippen molar-refractivity contribution < 1.29 is 4.58 Å². The van der Waals surface area contributed by atoms with Crippen molar-refractivity contribution in [2.75, 3.05) is 19.4 Å². The van der Waals surface area contributed by atoms with Crippen LogP contribution in [0.3, 0.4) is 0 Å². The van der Waals surface area contributed by atoms with Crippen molar-refractivity contribution in [1.82, 2.24) is 0 Å². The zero-order chi connectivity index (χ0) is 10.7. The largest absolute Gasteiger partial charge is 0.348 e. The minimum absolute atomic E-state index is 0.486. The van der Waals surface area contributed by atoms with Gasteiger partial charge in [-0.25, -0.2) is 5.32 Å². The maximum absolute atomic E-state index is 5.94. The summed E-state index contributed by atoms with van der Waals surface area (Å²) in [6, 6.07) is 5.28. The summed E-state index contributed by atoms with van der Waals surface area (Å²) < 4.78 is 1.74. The molecule has 14 heavy (non-hydrogen) atoms. The maximum Gasteiger partial charge on any atom is 0.348 e. The third-order valence-corrected chi connectivity index (χ3v) is 2.33. The van der Waals surface area contributed by atoms with Crippen LogP contribution in [0.2, 0.25) is 10.0 Å². The summed E-state index contributed by atoms with van der Waals surface area (Å²) in [5.74, 6) is 0.486. The number of benzene rings is 1. The molecule has 0 aliphatic heterocycles. The van der Waals surface area contributed by atoms with Gasteiger partial charge in [-0.1, -0.05) is 29.3 Å². The molecule has 76 valence electrons. The Morgan fingerprint density at radius 2 is 1.79 bits per heavy atom. The van der Waals surface area contributed by atoms with Crippen LogP contribution in [0.1, 0.15) is 0 Å². The fourth-order valence-electron chi connectivity index (χ4n) is 0.857. The van der Waals surface area contributed by atoms with Gasteiger partial charge < -0.3 is 0 Å². The molecule has 0 heterocycles. The lowest BCUT2D eigenvalue weighted by Gasteiger charge is -2.05. The van der Waals surface area contributed by atoms with Crippen LogP contribution in [-0.2, 0) is 0 Å².